The Morgan fingerprint density at radius 3 is 1.77 bits per heavy atom. The molecule has 8 rings (SSSR count). The molecule has 2 N–H and O–H groups in total. The van der Waals surface area contributed by atoms with E-state index in [4.69, 9.17) is 24.1 Å². The van der Waals surface area contributed by atoms with Crippen molar-refractivity contribution in [3.05, 3.63) is 96.2 Å². The van der Waals surface area contributed by atoms with Gasteiger partial charge in [-0.25, -0.2) is 38.9 Å². The molecular formula is C44H58LiN6O11+. The van der Waals surface area contributed by atoms with E-state index < -0.39 is 40.4 Å². The van der Waals surface area contributed by atoms with Gasteiger partial charge in [0.25, 0.3) is 0 Å². The third-order valence-electron chi connectivity index (χ3n) is 9.48. The molecule has 3 saturated heterocycles. The first-order valence-electron chi connectivity index (χ1n) is 20.2. The van der Waals surface area contributed by atoms with Gasteiger partial charge in [-0.05, 0) is 72.4 Å². The summed E-state index contributed by atoms with van der Waals surface area (Å²) in [5, 5.41) is 11.5. The number of pyridine rings is 3. The van der Waals surface area contributed by atoms with E-state index in [0.717, 1.165) is 30.5 Å². The fourth-order valence-corrected chi connectivity index (χ4v) is 6.59. The molecule has 2 atom stereocenters. The zero-order chi connectivity index (χ0) is 45.0. The summed E-state index contributed by atoms with van der Waals surface area (Å²) in [5.41, 5.74) is 0.396. The normalized spacial score (nSPS) is 20.3. The molecule has 17 nitrogen and oxygen atoms in total. The van der Waals surface area contributed by atoms with Crippen molar-refractivity contribution < 1.29 is 73.1 Å². The summed E-state index contributed by atoms with van der Waals surface area (Å²) in [6.45, 7) is 19.7. The van der Waals surface area contributed by atoms with Crippen LogP contribution in [0.4, 0.5) is 9.59 Å². The first-order chi connectivity index (χ1) is 28.7. The van der Waals surface area contributed by atoms with Gasteiger partial charge in [0.15, 0.2) is 28.4 Å². The molecule has 0 aromatic carbocycles. The Kier molecular flexibility index (Phi) is 18.2. The number of fused-ring (bicyclic) bond motifs is 4. The van der Waals surface area contributed by atoms with Crippen LogP contribution in [0.5, 0.6) is 0 Å². The molecule has 0 aliphatic carbocycles. The number of aromatic carboxylic acids is 1. The number of hydrogen-bond acceptors (Lipinski definition) is 14. The number of unbranched alkanes of at least 4 members (excludes halogenated alkanes) is 1. The molecule has 330 valence electrons. The van der Waals surface area contributed by atoms with Gasteiger partial charge >= 0.3 is 50.4 Å². The minimum atomic E-state index is -0.990. The number of ether oxygens (including phenoxy) is 4. The number of nitrogens with zero attached hydrogens (tertiary/aromatic N) is 5. The molecular weight excluding hydrogens is 795 g/mol. The molecule has 62 heavy (non-hydrogen) atoms. The van der Waals surface area contributed by atoms with Crippen molar-refractivity contribution in [2.75, 3.05) is 39.3 Å². The van der Waals surface area contributed by atoms with Crippen molar-refractivity contribution in [1.82, 2.24) is 30.1 Å². The molecule has 2 spiro atoms. The number of ketones is 1. The molecule has 0 bridgehead atoms. The second kappa shape index (κ2) is 22.1. The number of carbonyl (C=O) groups excluding carboxylic acids is 5. The fraction of sp³-hybridized carbons (Fsp3) is 0.500. The standard InChI is InChI=1S/C15H18N2O4.C10H10N2O2.C9H15NO3.C6H5NO2.C4H9.Li/c1-14(2,3)21-13(19)17-8-6-15(9-17)10-5-4-7-16-11(10)12(18)20-15;13-9-8-7(2-1-4-12-8)10(14-9)3-5-11-6-10;1-9(2,3)13-8(12)10-5-4-7(11)6-10;8-6(9)5-3-1-2-4-7-5;1-3-4-2;/h4-5,7H,6,8-9H2,1-3H3;1-2,4,11H,3,5-6H2;4-6H2,1-3H3;1-4H,(H,8,9);1,3-4H2,2H3;/q;;;;-1;+1/p+1. The van der Waals surface area contributed by atoms with Crippen molar-refractivity contribution in [3.8, 4) is 0 Å². The number of likely N-dealkylation sites (tertiary alicyclic amines) is 2. The van der Waals surface area contributed by atoms with Gasteiger partial charge in [0, 0.05) is 68.6 Å². The number of aromatic nitrogens is 3. The van der Waals surface area contributed by atoms with Gasteiger partial charge in [-0.2, -0.15) is 6.42 Å². The van der Waals surface area contributed by atoms with E-state index in [2.05, 4.69) is 34.1 Å². The Morgan fingerprint density at radius 1 is 0.806 bits per heavy atom. The zero-order valence-corrected chi connectivity index (χ0v) is 37.0. The Morgan fingerprint density at radius 2 is 1.34 bits per heavy atom. The Bertz CT molecular complexity index is 2040. The van der Waals surface area contributed by atoms with Crippen LogP contribution < -0.4 is 24.2 Å². The summed E-state index contributed by atoms with van der Waals surface area (Å²) in [7, 11) is 0. The van der Waals surface area contributed by atoms with Gasteiger partial charge in [-0.1, -0.05) is 31.5 Å². The molecule has 3 aromatic heterocycles. The van der Waals surface area contributed by atoms with Gasteiger partial charge in [-0.15, -0.1) is 0 Å². The number of hydrogen-bond donors (Lipinski definition) is 2. The molecule has 2 amide bonds. The first-order valence-corrected chi connectivity index (χ1v) is 20.2. The quantitative estimate of drug-likeness (QED) is 0.164. The van der Waals surface area contributed by atoms with E-state index in [1.807, 2.05) is 59.7 Å². The van der Waals surface area contributed by atoms with Crippen LogP contribution in [0.1, 0.15) is 125 Å². The maximum absolute atomic E-state index is 12.1. The van der Waals surface area contributed by atoms with Crippen LogP contribution in [-0.2, 0) is 34.9 Å². The number of nitrogens with one attached hydrogen (secondary N) is 1. The van der Waals surface area contributed by atoms with Gasteiger partial charge in [0.2, 0.25) is 0 Å². The number of carbonyl (C=O) groups is 6. The summed E-state index contributed by atoms with van der Waals surface area (Å²) in [4.78, 5) is 82.7. The van der Waals surface area contributed by atoms with E-state index in [1.54, 1.807) is 35.5 Å². The second-order valence-corrected chi connectivity index (χ2v) is 16.7. The first kappa shape index (κ1) is 51.0. The Balaban J connectivity index is 0.000000288. The molecule has 3 aromatic rings. The smallest absolute Gasteiger partial charge is 0.477 e. The molecule has 5 aliphatic rings. The Hall–Kier alpha value is -5.37. The van der Waals surface area contributed by atoms with Crippen LogP contribution in [0, 0.1) is 6.92 Å². The van der Waals surface area contributed by atoms with Crippen LogP contribution in [0.25, 0.3) is 0 Å². The average molecular weight is 854 g/mol. The van der Waals surface area contributed by atoms with E-state index in [9.17, 15) is 28.8 Å². The number of carboxylic acid groups (broad SMARTS) is 1. The summed E-state index contributed by atoms with van der Waals surface area (Å²) in [5.74, 6) is -1.60. The van der Waals surface area contributed by atoms with Crippen LogP contribution >= 0.6 is 0 Å². The molecule has 0 radical (unpaired) electrons. The number of rotatable bonds is 2. The van der Waals surface area contributed by atoms with Crippen molar-refractivity contribution in [2.45, 2.75) is 103 Å². The Labute approximate surface area is 376 Å². The molecule has 0 saturated carbocycles. The van der Waals surface area contributed by atoms with Crippen LogP contribution in [0.15, 0.2) is 61.1 Å². The summed E-state index contributed by atoms with van der Waals surface area (Å²) in [6, 6.07) is 12.1. The summed E-state index contributed by atoms with van der Waals surface area (Å²) in [6.07, 6.45) is 8.02. The summed E-state index contributed by atoms with van der Waals surface area (Å²) < 4.78 is 21.4. The average Bonchev–Trinajstić information content (AvgIpc) is 4.06. The number of amides is 2. The van der Waals surface area contributed by atoms with Crippen molar-refractivity contribution in [1.29, 1.82) is 0 Å². The van der Waals surface area contributed by atoms with Crippen LogP contribution in [-0.4, -0.2) is 116 Å². The predicted molar refractivity (Wildman–Crippen MR) is 223 cm³/mol. The van der Waals surface area contributed by atoms with Crippen molar-refractivity contribution >= 4 is 35.9 Å². The van der Waals surface area contributed by atoms with Gasteiger partial charge in [0.1, 0.15) is 16.9 Å². The summed E-state index contributed by atoms with van der Waals surface area (Å²) >= 11 is 0. The molecule has 3 fully saturated rings. The number of carboxylic acids is 1. The molecule has 2 unspecified atom stereocenters. The van der Waals surface area contributed by atoms with Gasteiger partial charge in [-0.3, -0.25) is 4.79 Å². The third-order valence-corrected chi connectivity index (χ3v) is 9.48. The van der Waals surface area contributed by atoms with Crippen molar-refractivity contribution in [3.63, 3.8) is 0 Å². The second-order valence-electron chi connectivity index (χ2n) is 16.7. The van der Waals surface area contributed by atoms with Gasteiger partial charge < -0.3 is 46.1 Å². The monoisotopic (exact) mass is 853 g/mol. The topological polar surface area (TPSA) is 217 Å². The molecule has 18 heteroatoms. The van der Waals surface area contributed by atoms with Crippen molar-refractivity contribution in [2.24, 2.45) is 0 Å². The van der Waals surface area contributed by atoms with Gasteiger partial charge in [0.05, 0.1) is 13.1 Å². The van der Waals surface area contributed by atoms with E-state index in [0.29, 0.717) is 50.4 Å². The number of Topliss-reactive ketones (excluding diaryl/α,β-unsaturated/α-hetero) is 1. The van der Waals surface area contributed by atoms with E-state index in [1.165, 1.54) is 23.6 Å². The van der Waals surface area contributed by atoms with Crippen LogP contribution in [0.2, 0.25) is 0 Å². The molecule has 5 aliphatic heterocycles. The predicted octanol–water partition coefficient (Wildman–Crippen LogP) is 3.24. The maximum atomic E-state index is 12.1. The van der Waals surface area contributed by atoms with E-state index >= 15 is 0 Å². The molecule has 8 heterocycles. The SMILES string of the molecule is CC(C)(C)OC(=O)N1CCC(=O)C1.CC(C)(C)OC(=O)N1CCC2(C1)OC(=O)c1ncccc12.O=C(O)c1ccccn1.O=C1OC2(CCNC2)c2cccnc21.[CH2-]CCC.[H+].[Li+]. The minimum absolute atomic E-state index is 0. The third kappa shape index (κ3) is 13.8. The van der Waals surface area contributed by atoms with E-state index in [-0.39, 0.29) is 50.4 Å². The zero-order valence-electron chi connectivity index (χ0n) is 38.0. The fourth-order valence-electron chi connectivity index (χ4n) is 6.59. The minimum Gasteiger partial charge on any atom is -0.477 e. The van der Waals surface area contributed by atoms with Crippen LogP contribution in [0.3, 0.4) is 0 Å². The maximum Gasteiger partial charge on any atom is 1.00 e. The largest absolute Gasteiger partial charge is 1.00 e. The number of esters is 2.